The van der Waals surface area contributed by atoms with Gasteiger partial charge in [0.1, 0.15) is 17.3 Å². The van der Waals surface area contributed by atoms with E-state index in [-0.39, 0.29) is 18.2 Å². The van der Waals surface area contributed by atoms with E-state index in [0.717, 1.165) is 17.7 Å². The predicted molar refractivity (Wildman–Crippen MR) is 127 cm³/mol. The number of benzene rings is 1. The number of anilines is 1. The van der Waals surface area contributed by atoms with Crippen LogP contribution in [0.4, 0.5) is 10.1 Å². The number of nitrogens with zero attached hydrogens (tertiary/aromatic N) is 1. The van der Waals surface area contributed by atoms with Crippen molar-refractivity contribution in [1.82, 2.24) is 15.0 Å². The summed E-state index contributed by atoms with van der Waals surface area (Å²) in [6.07, 6.45) is 3.66. The van der Waals surface area contributed by atoms with Crippen molar-refractivity contribution in [3.05, 3.63) is 70.6 Å². The molecule has 4 aromatic rings. The molecule has 3 N–H and O–H groups in total. The molecular weight excluding hydrogens is 471 g/mol. The Kier molecular flexibility index (Phi) is 5.25. The third-order valence-electron chi connectivity index (χ3n) is 6.23. The Balaban J connectivity index is 1.37. The molecule has 0 saturated heterocycles. The highest BCUT2D eigenvalue weighted by molar-refractivity contribution is 7.99. The summed E-state index contributed by atoms with van der Waals surface area (Å²) in [5.74, 6) is -0.585. The van der Waals surface area contributed by atoms with Gasteiger partial charge in [-0.3, -0.25) is 4.79 Å². The largest absolute Gasteiger partial charge is 0.461 e. The Morgan fingerprint density at radius 1 is 1.29 bits per heavy atom. The first kappa shape index (κ1) is 21.7. The van der Waals surface area contributed by atoms with E-state index >= 15 is 0 Å². The van der Waals surface area contributed by atoms with Crippen molar-refractivity contribution in [2.75, 3.05) is 11.9 Å². The number of furan rings is 1. The van der Waals surface area contributed by atoms with E-state index in [1.54, 1.807) is 19.2 Å². The van der Waals surface area contributed by atoms with E-state index in [0.29, 0.717) is 56.8 Å². The number of imidazole rings is 1. The van der Waals surface area contributed by atoms with Crippen molar-refractivity contribution < 1.29 is 23.1 Å². The number of carbonyl (C=O) groups is 2. The molecule has 1 aliphatic heterocycles. The number of allylic oxidation sites excluding steroid dienone is 2. The molecule has 1 unspecified atom stereocenters. The van der Waals surface area contributed by atoms with Gasteiger partial charge in [0, 0.05) is 29.5 Å². The fraction of sp³-hybridized carbons (Fsp3) is 0.240. The van der Waals surface area contributed by atoms with Crippen molar-refractivity contribution in [1.29, 1.82) is 0 Å². The number of aromatic amines is 2. The van der Waals surface area contributed by atoms with Crippen LogP contribution in [0.25, 0.3) is 11.0 Å². The third kappa shape index (κ3) is 3.74. The van der Waals surface area contributed by atoms with Crippen molar-refractivity contribution in [2.45, 2.75) is 42.4 Å². The van der Waals surface area contributed by atoms with Gasteiger partial charge in [-0.15, -0.1) is 0 Å². The molecule has 0 amide bonds. The minimum atomic E-state index is -0.455. The highest BCUT2D eigenvalue weighted by atomic mass is 32.2. The number of hydrogen-bond acceptors (Lipinski definition) is 7. The van der Waals surface area contributed by atoms with E-state index in [4.69, 9.17) is 9.15 Å². The maximum Gasteiger partial charge on any atom is 0.356 e. The first-order valence-electron chi connectivity index (χ1n) is 11.4. The number of Topliss-reactive ketones (excluding diaryl/α,β-unsaturated/α-hetero) is 1. The SMILES string of the molecule is CCOC(=O)c1[nH]cc2c1NC1=C(C(=O)CCC1)C2c1ccc(Sc2nc3ccc(F)cc3[nH]2)o1. The van der Waals surface area contributed by atoms with Crippen LogP contribution in [-0.2, 0) is 9.53 Å². The lowest BCUT2D eigenvalue weighted by Gasteiger charge is -2.31. The van der Waals surface area contributed by atoms with Crippen molar-refractivity contribution in [2.24, 2.45) is 0 Å². The van der Waals surface area contributed by atoms with Crippen LogP contribution in [0.5, 0.6) is 0 Å². The number of H-pyrrole nitrogens is 2. The third-order valence-corrected chi connectivity index (χ3v) is 7.04. The van der Waals surface area contributed by atoms with Crippen LogP contribution in [0.15, 0.2) is 62.5 Å². The Morgan fingerprint density at radius 3 is 3.03 bits per heavy atom. The topological polar surface area (TPSA) is 113 Å². The standard InChI is InChI=1S/C25H21FN4O4S/c1-2-33-24(32)23-22-13(11-27-23)20(21-15(28-22)4-3-5-17(21)31)18-8-9-19(34-18)35-25-29-14-7-6-12(26)10-16(14)30-25/h6-11,20,27-28H,2-5H2,1H3,(H,29,30). The average Bonchev–Trinajstić information content (AvgIpc) is 3.56. The van der Waals surface area contributed by atoms with Gasteiger partial charge in [-0.05, 0) is 61.9 Å². The molecule has 1 atom stereocenters. The molecule has 1 aromatic carbocycles. The number of ether oxygens (including phenoxy) is 1. The summed E-state index contributed by atoms with van der Waals surface area (Å²) in [5.41, 5.74) is 4.44. The lowest BCUT2D eigenvalue weighted by molar-refractivity contribution is -0.116. The summed E-state index contributed by atoms with van der Waals surface area (Å²) in [6, 6.07) is 8.04. The molecule has 178 valence electrons. The summed E-state index contributed by atoms with van der Waals surface area (Å²) in [7, 11) is 0. The Labute approximate surface area is 203 Å². The van der Waals surface area contributed by atoms with Gasteiger partial charge in [0.25, 0.3) is 0 Å². The number of aromatic nitrogens is 3. The maximum atomic E-state index is 13.5. The number of ketones is 1. The van der Waals surface area contributed by atoms with Crippen LogP contribution >= 0.6 is 11.8 Å². The van der Waals surface area contributed by atoms with Crippen LogP contribution in [0.3, 0.4) is 0 Å². The zero-order valence-electron chi connectivity index (χ0n) is 18.7. The molecule has 3 aromatic heterocycles. The molecule has 0 fully saturated rings. The van der Waals surface area contributed by atoms with Crippen LogP contribution < -0.4 is 5.32 Å². The minimum absolute atomic E-state index is 0.0678. The highest BCUT2D eigenvalue weighted by Crippen LogP contribution is 2.47. The number of rotatable bonds is 5. The number of hydrogen-bond donors (Lipinski definition) is 3. The molecule has 35 heavy (non-hydrogen) atoms. The van der Waals surface area contributed by atoms with Gasteiger partial charge >= 0.3 is 5.97 Å². The summed E-state index contributed by atoms with van der Waals surface area (Å²) in [4.78, 5) is 36.1. The number of nitrogens with one attached hydrogen (secondary N) is 3. The predicted octanol–water partition coefficient (Wildman–Crippen LogP) is 5.52. The van der Waals surface area contributed by atoms with Gasteiger partial charge < -0.3 is 24.4 Å². The molecule has 1 aliphatic carbocycles. The molecule has 0 bridgehead atoms. The molecule has 0 saturated carbocycles. The first-order valence-corrected chi connectivity index (χ1v) is 12.2. The fourth-order valence-electron chi connectivity index (χ4n) is 4.74. The molecule has 8 nitrogen and oxygen atoms in total. The van der Waals surface area contributed by atoms with E-state index < -0.39 is 11.9 Å². The molecule has 0 spiro atoms. The number of halogens is 1. The van der Waals surface area contributed by atoms with Gasteiger partial charge in [-0.1, -0.05) is 0 Å². The second-order valence-corrected chi connectivity index (χ2v) is 9.40. The Bertz CT molecular complexity index is 1510. The van der Waals surface area contributed by atoms with Crippen molar-refractivity contribution in [3.8, 4) is 0 Å². The number of carbonyl (C=O) groups excluding carboxylic acids is 2. The zero-order valence-corrected chi connectivity index (χ0v) is 19.6. The lowest BCUT2D eigenvalue weighted by atomic mass is 9.78. The zero-order chi connectivity index (χ0) is 24.1. The van der Waals surface area contributed by atoms with Gasteiger partial charge in [-0.25, -0.2) is 14.2 Å². The average molecular weight is 493 g/mol. The number of esters is 1. The molecule has 4 heterocycles. The summed E-state index contributed by atoms with van der Waals surface area (Å²) < 4.78 is 24.9. The highest BCUT2D eigenvalue weighted by Gasteiger charge is 2.39. The smallest absolute Gasteiger partial charge is 0.356 e. The molecule has 2 aliphatic rings. The lowest BCUT2D eigenvalue weighted by Crippen LogP contribution is -2.26. The van der Waals surface area contributed by atoms with Crippen molar-refractivity contribution >= 4 is 40.2 Å². The molecule has 0 radical (unpaired) electrons. The fourth-order valence-corrected chi connectivity index (χ4v) is 5.51. The Hall–Kier alpha value is -3.79. The first-order chi connectivity index (χ1) is 17.0. The van der Waals surface area contributed by atoms with Crippen LogP contribution in [-0.4, -0.2) is 33.3 Å². The van der Waals surface area contributed by atoms with Gasteiger partial charge in [0.05, 0.1) is 29.2 Å². The van der Waals surface area contributed by atoms with Crippen molar-refractivity contribution in [3.63, 3.8) is 0 Å². The summed E-state index contributed by atoms with van der Waals surface area (Å²) >= 11 is 1.28. The van der Waals surface area contributed by atoms with Gasteiger partial charge in [0.2, 0.25) is 0 Å². The quantitative estimate of drug-likeness (QED) is 0.315. The number of fused-ring (bicyclic) bond motifs is 2. The second-order valence-electron chi connectivity index (χ2n) is 8.40. The van der Waals surface area contributed by atoms with Gasteiger partial charge in [-0.2, -0.15) is 0 Å². The normalized spacial score (nSPS) is 17.3. The van der Waals surface area contributed by atoms with E-state index in [2.05, 4.69) is 20.3 Å². The van der Waals surface area contributed by atoms with E-state index in [1.165, 1.54) is 23.9 Å². The van der Waals surface area contributed by atoms with E-state index in [1.807, 2.05) is 12.1 Å². The van der Waals surface area contributed by atoms with Crippen LogP contribution in [0.1, 0.15) is 53.9 Å². The summed E-state index contributed by atoms with van der Waals surface area (Å²) in [6.45, 7) is 2.01. The Morgan fingerprint density at radius 2 is 2.17 bits per heavy atom. The minimum Gasteiger partial charge on any atom is -0.461 e. The molecular formula is C25H21FN4O4S. The monoisotopic (exact) mass is 492 g/mol. The maximum absolute atomic E-state index is 13.5. The van der Waals surface area contributed by atoms with E-state index in [9.17, 15) is 14.0 Å². The summed E-state index contributed by atoms with van der Waals surface area (Å²) in [5, 5.41) is 4.46. The van der Waals surface area contributed by atoms with Crippen LogP contribution in [0.2, 0.25) is 0 Å². The van der Waals surface area contributed by atoms with Gasteiger partial charge in [0.15, 0.2) is 16.0 Å². The molecule has 6 rings (SSSR count). The second kappa shape index (κ2) is 8.46. The van der Waals surface area contributed by atoms with Crippen LogP contribution in [0, 0.1) is 5.82 Å². The molecule has 10 heteroatoms.